The molecular formula is C14H25N3O2. The van der Waals surface area contributed by atoms with Gasteiger partial charge in [0.15, 0.2) is 0 Å². The minimum absolute atomic E-state index is 0.0580. The molecule has 2 heterocycles. The number of urea groups is 1. The fraction of sp³-hybridized carbons (Fsp3) is 0.857. The molecule has 3 amide bonds. The molecule has 1 N–H and O–H groups in total. The topological polar surface area (TPSA) is 52.7 Å². The monoisotopic (exact) mass is 267 g/mol. The van der Waals surface area contributed by atoms with Gasteiger partial charge in [0, 0.05) is 13.1 Å². The molecule has 2 aliphatic rings. The van der Waals surface area contributed by atoms with Gasteiger partial charge in [0.1, 0.15) is 6.04 Å². The molecule has 1 atom stereocenters. The summed E-state index contributed by atoms with van der Waals surface area (Å²) in [7, 11) is 0. The van der Waals surface area contributed by atoms with Crippen LogP contribution in [-0.4, -0.2) is 47.5 Å². The number of nitrogens with zero attached hydrogens (tertiary/aromatic N) is 2. The Morgan fingerprint density at radius 3 is 2.47 bits per heavy atom. The lowest BCUT2D eigenvalue weighted by atomic mass is 10.00. The van der Waals surface area contributed by atoms with Crippen LogP contribution in [0.25, 0.3) is 0 Å². The molecule has 2 saturated heterocycles. The Labute approximate surface area is 115 Å². The summed E-state index contributed by atoms with van der Waals surface area (Å²) in [5, 5.41) is 2.79. The lowest BCUT2D eigenvalue weighted by molar-refractivity contribution is -0.129. The zero-order chi connectivity index (χ0) is 14.0. The summed E-state index contributed by atoms with van der Waals surface area (Å²) in [6.07, 6.45) is 3.02. The fourth-order valence-electron chi connectivity index (χ4n) is 2.75. The second-order valence-electron chi connectivity index (χ2n) is 6.34. The van der Waals surface area contributed by atoms with Crippen molar-refractivity contribution < 1.29 is 9.59 Å². The average Bonchev–Trinajstić information content (AvgIpc) is 2.59. The van der Waals surface area contributed by atoms with Crippen LogP contribution < -0.4 is 5.32 Å². The molecule has 2 aliphatic heterocycles. The summed E-state index contributed by atoms with van der Waals surface area (Å²) >= 11 is 0. The lowest BCUT2D eigenvalue weighted by Gasteiger charge is -2.32. The first kappa shape index (κ1) is 14.3. The van der Waals surface area contributed by atoms with Crippen LogP contribution in [0, 0.1) is 11.8 Å². The van der Waals surface area contributed by atoms with E-state index < -0.39 is 0 Å². The molecule has 0 saturated carbocycles. The van der Waals surface area contributed by atoms with Crippen molar-refractivity contribution in [3.05, 3.63) is 0 Å². The van der Waals surface area contributed by atoms with Gasteiger partial charge in [-0.2, -0.15) is 0 Å². The first-order valence-corrected chi connectivity index (χ1v) is 7.31. The van der Waals surface area contributed by atoms with E-state index in [2.05, 4.69) is 31.0 Å². The predicted octanol–water partition coefficient (Wildman–Crippen LogP) is 1.64. The number of hydrogen-bond acceptors (Lipinski definition) is 3. The Hall–Kier alpha value is -1.10. The number of amides is 3. The van der Waals surface area contributed by atoms with E-state index in [9.17, 15) is 9.59 Å². The molecule has 19 heavy (non-hydrogen) atoms. The largest absolute Gasteiger partial charge is 0.326 e. The smallest absolute Gasteiger partial charge is 0.325 e. The summed E-state index contributed by atoms with van der Waals surface area (Å²) in [6, 6.07) is -0.550. The van der Waals surface area contributed by atoms with Crippen molar-refractivity contribution in [3.8, 4) is 0 Å². The van der Waals surface area contributed by atoms with E-state index in [0.29, 0.717) is 12.6 Å². The molecule has 0 spiro atoms. The number of hydrogen-bond donors (Lipinski definition) is 1. The number of rotatable bonds is 4. The van der Waals surface area contributed by atoms with Crippen molar-refractivity contribution in [2.24, 2.45) is 11.8 Å². The van der Waals surface area contributed by atoms with Crippen LogP contribution in [0.2, 0.25) is 0 Å². The van der Waals surface area contributed by atoms with Crippen LogP contribution in [0.1, 0.15) is 40.0 Å². The molecule has 108 valence electrons. The number of nitrogens with one attached hydrogen (secondary N) is 1. The van der Waals surface area contributed by atoms with Crippen molar-refractivity contribution in [2.75, 3.05) is 19.8 Å². The van der Waals surface area contributed by atoms with Crippen LogP contribution in [0.5, 0.6) is 0 Å². The lowest BCUT2D eigenvalue weighted by Crippen LogP contribution is -2.45. The molecule has 2 fully saturated rings. The van der Waals surface area contributed by atoms with E-state index in [0.717, 1.165) is 38.3 Å². The molecule has 0 aromatic carbocycles. The van der Waals surface area contributed by atoms with E-state index in [1.165, 1.54) is 4.90 Å². The van der Waals surface area contributed by atoms with Gasteiger partial charge in [0.25, 0.3) is 5.91 Å². The van der Waals surface area contributed by atoms with Crippen molar-refractivity contribution >= 4 is 11.9 Å². The first-order chi connectivity index (χ1) is 8.97. The maximum absolute atomic E-state index is 12.2. The molecule has 0 bridgehead atoms. The van der Waals surface area contributed by atoms with Gasteiger partial charge in [-0.1, -0.05) is 20.8 Å². The van der Waals surface area contributed by atoms with E-state index in [1.54, 1.807) is 0 Å². The Morgan fingerprint density at radius 2 is 1.89 bits per heavy atom. The Balaban J connectivity index is 1.89. The Morgan fingerprint density at radius 1 is 1.26 bits per heavy atom. The van der Waals surface area contributed by atoms with Crippen LogP contribution in [0.4, 0.5) is 4.79 Å². The maximum atomic E-state index is 12.2. The molecule has 0 aromatic heterocycles. The van der Waals surface area contributed by atoms with E-state index in [-0.39, 0.29) is 18.0 Å². The molecule has 0 radical (unpaired) electrons. The average molecular weight is 267 g/mol. The fourth-order valence-corrected chi connectivity index (χ4v) is 2.75. The molecule has 0 aliphatic carbocycles. The highest BCUT2D eigenvalue weighted by atomic mass is 16.2. The van der Waals surface area contributed by atoms with Gasteiger partial charge in [0.05, 0.1) is 6.67 Å². The van der Waals surface area contributed by atoms with Crippen LogP contribution >= 0.6 is 0 Å². The highest BCUT2D eigenvalue weighted by molar-refractivity contribution is 6.04. The third kappa shape index (κ3) is 3.47. The summed E-state index contributed by atoms with van der Waals surface area (Å²) in [6.45, 7) is 8.79. The summed E-state index contributed by atoms with van der Waals surface area (Å²) in [4.78, 5) is 27.7. The quantitative estimate of drug-likeness (QED) is 0.788. The molecule has 5 nitrogen and oxygen atoms in total. The van der Waals surface area contributed by atoms with E-state index in [4.69, 9.17) is 0 Å². The third-order valence-corrected chi connectivity index (χ3v) is 4.03. The highest BCUT2D eigenvalue weighted by Gasteiger charge is 2.38. The number of piperidine rings is 1. The minimum Gasteiger partial charge on any atom is -0.326 e. The first-order valence-electron chi connectivity index (χ1n) is 7.31. The van der Waals surface area contributed by atoms with Gasteiger partial charge >= 0.3 is 6.03 Å². The second-order valence-corrected chi connectivity index (χ2v) is 6.34. The van der Waals surface area contributed by atoms with Gasteiger partial charge in [-0.25, -0.2) is 9.69 Å². The van der Waals surface area contributed by atoms with Crippen molar-refractivity contribution in [1.82, 2.24) is 15.1 Å². The number of imide groups is 1. The summed E-state index contributed by atoms with van der Waals surface area (Å²) < 4.78 is 0. The second kappa shape index (κ2) is 5.90. The van der Waals surface area contributed by atoms with Crippen LogP contribution in [-0.2, 0) is 4.79 Å². The zero-order valence-corrected chi connectivity index (χ0v) is 12.2. The predicted molar refractivity (Wildman–Crippen MR) is 73.5 cm³/mol. The van der Waals surface area contributed by atoms with Crippen LogP contribution in [0.3, 0.4) is 0 Å². The molecule has 0 unspecified atom stereocenters. The number of carbonyl (C=O) groups excluding carboxylic acids is 2. The normalized spacial score (nSPS) is 26.3. The molecule has 2 rings (SSSR count). The Kier molecular flexibility index (Phi) is 4.45. The van der Waals surface area contributed by atoms with Gasteiger partial charge in [-0.05, 0) is 31.1 Å². The van der Waals surface area contributed by atoms with Gasteiger partial charge in [-0.15, -0.1) is 0 Å². The van der Waals surface area contributed by atoms with E-state index in [1.807, 2.05) is 0 Å². The van der Waals surface area contributed by atoms with E-state index >= 15 is 0 Å². The van der Waals surface area contributed by atoms with Gasteiger partial charge in [-0.3, -0.25) is 9.69 Å². The minimum atomic E-state index is -0.323. The molecule has 5 heteroatoms. The zero-order valence-electron chi connectivity index (χ0n) is 12.2. The highest BCUT2D eigenvalue weighted by Crippen LogP contribution is 2.19. The standard InChI is InChI=1S/C14H25N3O2/c1-10(2)8-12-13(18)17(14(19)15-12)9-16-6-4-11(3)5-7-16/h10-12H,4-9H2,1-3H3,(H,15,19)/t12-/m1/s1. The Bertz CT molecular complexity index is 349. The van der Waals surface area contributed by atoms with Crippen molar-refractivity contribution in [1.29, 1.82) is 0 Å². The third-order valence-electron chi connectivity index (χ3n) is 4.03. The SMILES string of the molecule is CC(C)C[C@H]1NC(=O)N(CN2CCC(C)CC2)C1=O. The summed E-state index contributed by atoms with van der Waals surface area (Å²) in [5.74, 6) is 1.11. The van der Waals surface area contributed by atoms with Gasteiger partial charge in [0.2, 0.25) is 0 Å². The number of likely N-dealkylation sites (tertiary alicyclic amines) is 1. The van der Waals surface area contributed by atoms with Crippen molar-refractivity contribution in [3.63, 3.8) is 0 Å². The molecule has 0 aromatic rings. The van der Waals surface area contributed by atoms with Crippen LogP contribution in [0.15, 0.2) is 0 Å². The van der Waals surface area contributed by atoms with Gasteiger partial charge < -0.3 is 5.32 Å². The maximum Gasteiger partial charge on any atom is 0.325 e. The summed E-state index contributed by atoms with van der Waals surface area (Å²) in [5.41, 5.74) is 0. The van der Waals surface area contributed by atoms with Crippen molar-refractivity contribution in [2.45, 2.75) is 46.1 Å². The number of carbonyl (C=O) groups is 2. The molecular weight excluding hydrogens is 242 g/mol.